The molecule has 3 saturated heterocycles. The maximum atomic E-state index is 13.2. The highest BCUT2D eigenvalue weighted by Gasteiger charge is 2.53. The molecule has 53 heavy (non-hydrogen) atoms. The van der Waals surface area contributed by atoms with Crippen molar-refractivity contribution < 1.29 is 94.1 Å². The summed E-state index contributed by atoms with van der Waals surface area (Å²) in [7, 11) is 0. The van der Waals surface area contributed by atoms with Crippen LogP contribution in [0.15, 0.2) is 42.5 Å². The van der Waals surface area contributed by atoms with Crippen LogP contribution >= 0.6 is 0 Å². The van der Waals surface area contributed by atoms with Crippen molar-refractivity contribution in [3.05, 3.63) is 53.6 Å². The standard InChI is InChI=1S/C34H44O19/c1-14-24(41)26(43)28(45)34(50-14)53-31-29(46)33(47-9-8-16-3-6-18(36)20(38)11-16)51-22(13-49-32-27(44)25(42)21(39)12-48-32)30(31)52-23(40)7-4-15-2-5-17(35)19(37)10-15/h2-7,10-11,14,21-22,24-39,41-46H,8-9,12-13H2,1H3/t14-,21-,22+,24-,25+,26+,27-,28-,29+,30+,31+,32+,33+,34-/m0/s1. The van der Waals surface area contributed by atoms with Crippen molar-refractivity contribution in [1.82, 2.24) is 0 Å². The minimum Gasteiger partial charge on any atom is -0.504 e. The van der Waals surface area contributed by atoms with Gasteiger partial charge in [0.25, 0.3) is 0 Å². The Balaban J connectivity index is 1.42. The van der Waals surface area contributed by atoms with Gasteiger partial charge in [0.15, 0.2) is 48.0 Å². The summed E-state index contributed by atoms with van der Waals surface area (Å²) in [6.45, 7) is 0.237. The highest BCUT2D eigenvalue weighted by atomic mass is 16.8. The molecular formula is C34H44O19. The van der Waals surface area contributed by atoms with E-state index in [1.165, 1.54) is 49.4 Å². The number of hydrogen-bond acceptors (Lipinski definition) is 19. The summed E-state index contributed by atoms with van der Waals surface area (Å²) in [4.78, 5) is 13.2. The first-order valence-corrected chi connectivity index (χ1v) is 16.6. The Morgan fingerprint density at radius 1 is 0.736 bits per heavy atom. The molecule has 0 bridgehead atoms. The number of esters is 1. The Morgan fingerprint density at radius 2 is 1.42 bits per heavy atom. The van der Waals surface area contributed by atoms with Gasteiger partial charge in [0.2, 0.25) is 0 Å². The summed E-state index contributed by atoms with van der Waals surface area (Å²) in [6, 6.07) is 7.83. The molecule has 0 aliphatic carbocycles. The highest BCUT2D eigenvalue weighted by molar-refractivity contribution is 5.87. The van der Waals surface area contributed by atoms with Crippen LogP contribution in [-0.2, 0) is 44.4 Å². The van der Waals surface area contributed by atoms with E-state index < -0.39 is 117 Å². The topological polar surface area (TPSA) is 304 Å². The number of aliphatic hydroxyl groups is 7. The molecule has 14 atom stereocenters. The summed E-state index contributed by atoms with van der Waals surface area (Å²) >= 11 is 0. The molecule has 3 aliphatic rings. The molecule has 0 amide bonds. The lowest BCUT2D eigenvalue weighted by Crippen LogP contribution is -2.65. The molecule has 3 heterocycles. The van der Waals surface area contributed by atoms with Crippen LogP contribution in [0.5, 0.6) is 23.0 Å². The number of ether oxygens (including phenoxy) is 7. The zero-order chi connectivity index (χ0) is 38.6. The predicted octanol–water partition coefficient (Wildman–Crippen LogP) is -2.55. The fourth-order valence-electron chi connectivity index (χ4n) is 5.86. The largest absolute Gasteiger partial charge is 0.504 e. The van der Waals surface area contributed by atoms with Crippen molar-refractivity contribution >= 4 is 12.0 Å². The summed E-state index contributed by atoms with van der Waals surface area (Å²) in [5, 5.41) is 112. The van der Waals surface area contributed by atoms with E-state index in [4.69, 9.17) is 33.2 Å². The quantitative estimate of drug-likeness (QED) is 0.0603. The third kappa shape index (κ3) is 9.72. The van der Waals surface area contributed by atoms with Gasteiger partial charge in [-0.05, 0) is 54.8 Å². The SMILES string of the molecule is C[C@@H]1O[C@@H](O[C@@H]2[C@@H](O)[C@H](OCCc3ccc(O)c(O)c3)O[C@H](CO[C@H]3OC[C@H](O)[C@@H](O)[C@@H]3O)[C@H]2OC(=O)C=Cc2ccc(O)c(O)c2)[C@@H](O)[C@H](O)[C@H]1O. The molecule has 294 valence electrons. The second kappa shape index (κ2) is 17.6. The first-order valence-electron chi connectivity index (χ1n) is 16.6. The molecule has 19 nitrogen and oxygen atoms in total. The monoisotopic (exact) mass is 756 g/mol. The molecule has 0 aromatic heterocycles. The first kappa shape index (κ1) is 40.5. The molecule has 5 rings (SSSR count). The number of carbonyl (C=O) groups excluding carboxylic acids is 1. The third-order valence-electron chi connectivity index (χ3n) is 8.97. The summed E-state index contributed by atoms with van der Waals surface area (Å²) in [5.74, 6) is -2.62. The zero-order valence-corrected chi connectivity index (χ0v) is 28.2. The summed E-state index contributed by atoms with van der Waals surface area (Å²) < 4.78 is 40.1. The molecule has 19 heteroatoms. The van der Waals surface area contributed by atoms with Crippen molar-refractivity contribution in [2.24, 2.45) is 0 Å². The Hall–Kier alpha value is -3.67. The van der Waals surface area contributed by atoms with Crippen LogP contribution < -0.4 is 0 Å². The van der Waals surface area contributed by atoms with Crippen LogP contribution in [-0.4, -0.2) is 168 Å². The van der Waals surface area contributed by atoms with Gasteiger partial charge in [0.1, 0.15) is 54.9 Å². The lowest BCUT2D eigenvalue weighted by atomic mass is 9.96. The van der Waals surface area contributed by atoms with Gasteiger partial charge in [-0.3, -0.25) is 0 Å². The molecule has 0 saturated carbocycles. The van der Waals surface area contributed by atoms with Crippen LogP contribution in [0.1, 0.15) is 18.1 Å². The maximum absolute atomic E-state index is 13.2. The van der Waals surface area contributed by atoms with E-state index in [1.807, 2.05) is 0 Å². The Labute approximate surface area is 302 Å². The second-order valence-electron chi connectivity index (χ2n) is 12.8. The summed E-state index contributed by atoms with van der Waals surface area (Å²) in [6.07, 6.45) is -20.0. The molecule has 0 unspecified atom stereocenters. The minimum absolute atomic E-state index is 0.136. The number of phenolic OH excluding ortho intramolecular Hbond substituents is 4. The van der Waals surface area contributed by atoms with Gasteiger partial charge in [-0.15, -0.1) is 0 Å². The maximum Gasteiger partial charge on any atom is 0.331 e. The van der Waals surface area contributed by atoms with Crippen molar-refractivity contribution in [1.29, 1.82) is 0 Å². The average molecular weight is 757 g/mol. The normalized spacial score (nSPS) is 36.4. The molecular weight excluding hydrogens is 712 g/mol. The van der Waals surface area contributed by atoms with Crippen LogP contribution in [0.3, 0.4) is 0 Å². The Bertz CT molecular complexity index is 1560. The van der Waals surface area contributed by atoms with E-state index in [0.29, 0.717) is 5.56 Å². The zero-order valence-electron chi connectivity index (χ0n) is 28.2. The smallest absolute Gasteiger partial charge is 0.331 e. The molecule has 3 aliphatic heterocycles. The van der Waals surface area contributed by atoms with Gasteiger partial charge < -0.3 is 89.3 Å². The van der Waals surface area contributed by atoms with Crippen molar-refractivity contribution in [2.75, 3.05) is 19.8 Å². The molecule has 0 radical (unpaired) electrons. The van der Waals surface area contributed by atoms with Gasteiger partial charge in [-0.25, -0.2) is 4.79 Å². The lowest BCUT2D eigenvalue weighted by molar-refractivity contribution is -0.362. The molecule has 0 spiro atoms. The van der Waals surface area contributed by atoms with Crippen molar-refractivity contribution in [3.63, 3.8) is 0 Å². The number of rotatable bonds is 12. The van der Waals surface area contributed by atoms with E-state index in [-0.39, 0.29) is 30.1 Å². The van der Waals surface area contributed by atoms with Crippen LogP contribution in [0, 0.1) is 0 Å². The van der Waals surface area contributed by atoms with E-state index >= 15 is 0 Å². The van der Waals surface area contributed by atoms with Crippen LogP contribution in [0.2, 0.25) is 0 Å². The third-order valence-corrected chi connectivity index (χ3v) is 8.97. The number of hydrogen-bond donors (Lipinski definition) is 11. The van der Waals surface area contributed by atoms with E-state index in [0.717, 1.165) is 6.08 Å². The molecule has 2 aromatic carbocycles. The molecule has 11 N–H and O–H groups in total. The Morgan fingerprint density at radius 3 is 2.11 bits per heavy atom. The van der Waals surface area contributed by atoms with Gasteiger partial charge in [0, 0.05) is 6.08 Å². The fraction of sp³-hybridized carbons (Fsp3) is 0.559. The number of aliphatic hydroxyl groups excluding tert-OH is 7. The molecule has 2 aromatic rings. The summed E-state index contributed by atoms with van der Waals surface area (Å²) in [5.41, 5.74) is 0.813. The number of carbonyl (C=O) groups is 1. The van der Waals surface area contributed by atoms with Crippen LogP contribution in [0.4, 0.5) is 0 Å². The minimum atomic E-state index is -1.86. The Kier molecular flexibility index (Phi) is 13.5. The van der Waals surface area contributed by atoms with Gasteiger partial charge in [-0.1, -0.05) is 12.1 Å². The van der Waals surface area contributed by atoms with Crippen LogP contribution in [0.25, 0.3) is 6.08 Å². The predicted molar refractivity (Wildman–Crippen MR) is 174 cm³/mol. The highest BCUT2D eigenvalue weighted by Crippen LogP contribution is 2.33. The number of phenols is 4. The lowest BCUT2D eigenvalue weighted by Gasteiger charge is -2.47. The first-order chi connectivity index (χ1) is 25.1. The van der Waals surface area contributed by atoms with Crippen molar-refractivity contribution in [2.45, 2.75) is 99.4 Å². The van der Waals surface area contributed by atoms with Gasteiger partial charge in [0.05, 0.1) is 25.9 Å². The number of benzene rings is 2. The molecule has 3 fully saturated rings. The van der Waals surface area contributed by atoms with Gasteiger partial charge in [-0.2, -0.15) is 0 Å². The van der Waals surface area contributed by atoms with Gasteiger partial charge >= 0.3 is 5.97 Å². The average Bonchev–Trinajstić information content (AvgIpc) is 3.13. The van der Waals surface area contributed by atoms with E-state index in [9.17, 15) is 61.0 Å². The van der Waals surface area contributed by atoms with E-state index in [1.54, 1.807) is 0 Å². The number of aromatic hydroxyl groups is 4. The van der Waals surface area contributed by atoms with E-state index in [2.05, 4.69) is 0 Å². The fourth-order valence-corrected chi connectivity index (χ4v) is 5.86. The second-order valence-corrected chi connectivity index (χ2v) is 12.8. The van der Waals surface area contributed by atoms with Crippen molar-refractivity contribution in [3.8, 4) is 23.0 Å².